The molecule has 1 saturated heterocycles. The Kier molecular flexibility index (Phi) is 4.16. The molecule has 0 aromatic heterocycles. The van der Waals surface area contributed by atoms with Crippen molar-refractivity contribution in [2.24, 2.45) is 0 Å². The van der Waals surface area contributed by atoms with Crippen LogP contribution in [-0.4, -0.2) is 35.6 Å². The van der Waals surface area contributed by atoms with Gasteiger partial charge in [-0.2, -0.15) is 0 Å². The highest BCUT2D eigenvalue weighted by molar-refractivity contribution is 5.99. The van der Waals surface area contributed by atoms with E-state index in [-0.39, 0.29) is 18.4 Å². The maximum Gasteiger partial charge on any atom is 0.305 e. The Balaban J connectivity index is 2.27. The average Bonchev–Trinajstić information content (AvgIpc) is 2.50. The quantitative estimate of drug-likeness (QED) is 0.860. The molecule has 1 aromatic carbocycles. The van der Waals surface area contributed by atoms with Crippen LogP contribution in [0, 0.1) is 0 Å². The molecule has 0 aliphatic carbocycles. The first-order valence-corrected chi connectivity index (χ1v) is 6.43. The van der Waals surface area contributed by atoms with E-state index in [1.54, 1.807) is 4.90 Å². The van der Waals surface area contributed by atoms with E-state index in [9.17, 15) is 9.59 Å². The highest BCUT2D eigenvalue weighted by Crippen LogP contribution is 2.21. The van der Waals surface area contributed by atoms with Gasteiger partial charge >= 0.3 is 5.97 Å². The third-order valence-electron chi connectivity index (χ3n) is 3.34. The van der Waals surface area contributed by atoms with Crippen LogP contribution in [0.5, 0.6) is 0 Å². The molecule has 102 valence electrons. The number of hydrogen-bond donors (Lipinski definition) is 2. The first-order valence-electron chi connectivity index (χ1n) is 6.43. The van der Waals surface area contributed by atoms with Crippen molar-refractivity contribution in [3.63, 3.8) is 0 Å². The summed E-state index contributed by atoms with van der Waals surface area (Å²) in [5, 5.41) is 11.9. The second-order valence-electron chi connectivity index (χ2n) is 4.79. The van der Waals surface area contributed by atoms with Gasteiger partial charge in [-0.1, -0.05) is 18.2 Å². The van der Waals surface area contributed by atoms with E-state index in [1.165, 1.54) is 0 Å². The van der Waals surface area contributed by atoms with Crippen LogP contribution in [0.1, 0.15) is 19.8 Å². The van der Waals surface area contributed by atoms with Crippen LogP contribution in [0.15, 0.2) is 30.3 Å². The lowest BCUT2D eigenvalue weighted by molar-refractivity contribution is -0.139. The highest BCUT2D eigenvalue weighted by Gasteiger charge is 2.32. The van der Waals surface area contributed by atoms with Crippen molar-refractivity contribution in [1.29, 1.82) is 0 Å². The van der Waals surface area contributed by atoms with Gasteiger partial charge in [0, 0.05) is 11.7 Å². The van der Waals surface area contributed by atoms with Crippen LogP contribution in [0.25, 0.3) is 0 Å². The van der Waals surface area contributed by atoms with Crippen molar-refractivity contribution in [3.05, 3.63) is 30.3 Å². The van der Waals surface area contributed by atoms with Crippen molar-refractivity contribution in [1.82, 2.24) is 5.32 Å². The van der Waals surface area contributed by atoms with Gasteiger partial charge < -0.3 is 15.3 Å². The molecule has 2 N–H and O–H groups in total. The number of carbonyl (C=O) groups excluding carboxylic acids is 1. The molecule has 1 aromatic rings. The minimum atomic E-state index is -0.964. The van der Waals surface area contributed by atoms with Crippen LogP contribution in [0.2, 0.25) is 0 Å². The van der Waals surface area contributed by atoms with Gasteiger partial charge in [0.1, 0.15) is 0 Å². The fraction of sp³-hybridized carbons (Fsp3) is 0.429. The SMILES string of the molecule is CC1CCNC(CC(=O)O)C(=O)N1c1ccccc1. The molecule has 0 bridgehead atoms. The number of amides is 1. The average molecular weight is 262 g/mol. The summed E-state index contributed by atoms with van der Waals surface area (Å²) in [6.45, 7) is 2.63. The molecule has 0 radical (unpaired) electrons. The number of nitrogens with one attached hydrogen (secondary N) is 1. The minimum Gasteiger partial charge on any atom is -0.481 e. The van der Waals surface area contributed by atoms with E-state index in [1.807, 2.05) is 37.3 Å². The number of rotatable bonds is 3. The van der Waals surface area contributed by atoms with Crippen LogP contribution in [0.4, 0.5) is 5.69 Å². The number of carboxylic acid groups (broad SMARTS) is 1. The van der Waals surface area contributed by atoms with E-state index in [0.29, 0.717) is 6.54 Å². The summed E-state index contributed by atoms with van der Waals surface area (Å²) in [4.78, 5) is 25.0. The normalized spacial score (nSPS) is 24.1. The maximum atomic E-state index is 12.5. The Labute approximate surface area is 112 Å². The molecule has 1 heterocycles. The molecule has 2 atom stereocenters. The van der Waals surface area contributed by atoms with Crippen molar-refractivity contribution in [3.8, 4) is 0 Å². The van der Waals surface area contributed by atoms with E-state index in [2.05, 4.69) is 5.32 Å². The van der Waals surface area contributed by atoms with Crippen LogP contribution >= 0.6 is 0 Å². The van der Waals surface area contributed by atoms with Gasteiger partial charge in [-0.25, -0.2) is 0 Å². The summed E-state index contributed by atoms with van der Waals surface area (Å²) < 4.78 is 0. The Bertz CT molecular complexity index is 461. The fourth-order valence-electron chi connectivity index (χ4n) is 2.37. The topological polar surface area (TPSA) is 69.6 Å². The summed E-state index contributed by atoms with van der Waals surface area (Å²) in [5.74, 6) is -1.13. The first kappa shape index (κ1) is 13.5. The van der Waals surface area contributed by atoms with Crippen LogP contribution in [0.3, 0.4) is 0 Å². The molecule has 0 saturated carbocycles. The third-order valence-corrected chi connectivity index (χ3v) is 3.34. The molecule has 2 rings (SSSR count). The zero-order chi connectivity index (χ0) is 13.8. The molecule has 1 fully saturated rings. The second-order valence-corrected chi connectivity index (χ2v) is 4.79. The number of benzene rings is 1. The summed E-state index contributed by atoms with van der Waals surface area (Å²) in [7, 11) is 0. The number of para-hydroxylation sites is 1. The lowest BCUT2D eigenvalue weighted by Gasteiger charge is -2.29. The number of nitrogens with zero attached hydrogens (tertiary/aromatic N) is 1. The molecule has 1 aliphatic heterocycles. The lowest BCUT2D eigenvalue weighted by Crippen LogP contribution is -2.47. The predicted molar refractivity (Wildman–Crippen MR) is 72.1 cm³/mol. The number of carbonyl (C=O) groups is 2. The van der Waals surface area contributed by atoms with Crippen molar-refractivity contribution in [2.45, 2.75) is 31.8 Å². The van der Waals surface area contributed by atoms with E-state index < -0.39 is 12.0 Å². The highest BCUT2D eigenvalue weighted by atomic mass is 16.4. The van der Waals surface area contributed by atoms with Gasteiger partial charge in [0.25, 0.3) is 0 Å². The van der Waals surface area contributed by atoms with Crippen molar-refractivity contribution >= 4 is 17.6 Å². The Morgan fingerprint density at radius 2 is 2.11 bits per heavy atom. The van der Waals surface area contributed by atoms with E-state index >= 15 is 0 Å². The monoisotopic (exact) mass is 262 g/mol. The molecule has 2 unspecified atom stereocenters. The van der Waals surface area contributed by atoms with Crippen LogP contribution in [-0.2, 0) is 9.59 Å². The summed E-state index contributed by atoms with van der Waals surface area (Å²) >= 11 is 0. The van der Waals surface area contributed by atoms with Gasteiger partial charge in [-0.05, 0) is 32.0 Å². The minimum absolute atomic E-state index is 0.0567. The summed E-state index contributed by atoms with van der Waals surface area (Å²) in [6.07, 6.45) is 0.617. The molecular formula is C14H18N2O3. The molecule has 19 heavy (non-hydrogen) atoms. The largest absolute Gasteiger partial charge is 0.481 e. The molecule has 5 nitrogen and oxygen atoms in total. The smallest absolute Gasteiger partial charge is 0.305 e. The summed E-state index contributed by atoms with van der Waals surface area (Å²) in [5.41, 5.74) is 0.819. The number of anilines is 1. The predicted octanol–water partition coefficient (Wildman–Crippen LogP) is 1.24. The number of hydrogen-bond acceptors (Lipinski definition) is 3. The van der Waals surface area contributed by atoms with E-state index in [0.717, 1.165) is 12.1 Å². The zero-order valence-electron chi connectivity index (χ0n) is 10.9. The summed E-state index contributed by atoms with van der Waals surface area (Å²) in [6, 6.07) is 8.79. The fourth-order valence-corrected chi connectivity index (χ4v) is 2.37. The third kappa shape index (κ3) is 3.12. The number of aliphatic carboxylic acids is 1. The standard InChI is InChI=1S/C14H18N2O3/c1-10-7-8-15-12(9-13(17)18)14(19)16(10)11-5-3-2-4-6-11/h2-6,10,12,15H,7-9H2,1H3,(H,17,18). The van der Waals surface area contributed by atoms with Crippen LogP contribution < -0.4 is 10.2 Å². The zero-order valence-corrected chi connectivity index (χ0v) is 10.9. The molecule has 5 heteroatoms. The first-order chi connectivity index (χ1) is 9.09. The Morgan fingerprint density at radius 1 is 1.42 bits per heavy atom. The molecule has 0 spiro atoms. The molecule has 1 amide bonds. The Morgan fingerprint density at radius 3 is 2.74 bits per heavy atom. The Hall–Kier alpha value is -1.88. The molecular weight excluding hydrogens is 244 g/mol. The van der Waals surface area contributed by atoms with Gasteiger partial charge in [-0.3, -0.25) is 9.59 Å². The second kappa shape index (κ2) is 5.84. The van der Waals surface area contributed by atoms with Gasteiger partial charge in [0.15, 0.2) is 0 Å². The molecule has 1 aliphatic rings. The van der Waals surface area contributed by atoms with Gasteiger partial charge in [0.2, 0.25) is 5.91 Å². The van der Waals surface area contributed by atoms with E-state index in [4.69, 9.17) is 5.11 Å². The van der Waals surface area contributed by atoms with Gasteiger partial charge in [-0.15, -0.1) is 0 Å². The van der Waals surface area contributed by atoms with Crippen molar-refractivity contribution in [2.75, 3.05) is 11.4 Å². The van der Waals surface area contributed by atoms with Gasteiger partial charge in [0.05, 0.1) is 12.5 Å². The number of carboxylic acids is 1. The maximum absolute atomic E-state index is 12.5. The lowest BCUT2D eigenvalue weighted by atomic mass is 10.1. The van der Waals surface area contributed by atoms with Crippen molar-refractivity contribution < 1.29 is 14.7 Å².